The molecule has 0 aromatic heterocycles. The van der Waals surface area contributed by atoms with Gasteiger partial charge in [0.05, 0.1) is 18.7 Å². The van der Waals surface area contributed by atoms with Crippen LogP contribution in [0.1, 0.15) is 22.8 Å². The fourth-order valence-electron chi connectivity index (χ4n) is 3.35. The van der Waals surface area contributed by atoms with Gasteiger partial charge in [-0.3, -0.25) is 9.69 Å². The van der Waals surface area contributed by atoms with Gasteiger partial charge in [0, 0.05) is 38.3 Å². The maximum absolute atomic E-state index is 12.9. The van der Waals surface area contributed by atoms with Crippen molar-refractivity contribution in [1.29, 1.82) is 0 Å². The highest BCUT2D eigenvalue weighted by Gasteiger charge is 2.23. The molecule has 2 aromatic carbocycles. The summed E-state index contributed by atoms with van der Waals surface area (Å²) in [5.74, 6) is 0.920. The Morgan fingerprint density at radius 2 is 1.86 bits per heavy atom. The smallest absolute Gasteiger partial charge is 0.254 e. The molecule has 1 saturated heterocycles. The minimum Gasteiger partial charge on any atom is -0.493 e. The van der Waals surface area contributed by atoms with Crippen molar-refractivity contribution in [2.24, 2.45) is 0 Å². The molecule has 154 valence electrons. The second-order valence-corrected chi connectivity index (χ2v) is 7.24. The Hall–Kier alpha value is -2.50. The van der Waals surface area contributed by atoms with Crippen molar-refractivity contribution in [2.45, 2.75) is 6.92 Å². The molecular weight excluding hydrogens is 388 g/mol. The molecule has 0 bridgehead atoms. The van der Waals surface area contributed by atoms with E-state index in [0.29, 0.717) is 41.8 Å². The van der Waals surface area contributed by atoms with Gasteiger partial charge in [0.25, 0.3) is 5.91 Å². The Morgan fingerprint density at radius 1 is 1.14 bits per heavy atom. The largest absolute Gasteiger partial charge is 0.493 e. The van der Waals surface area contributed by atoms with Crippen molar-refractivity contribution >= 4 is 23.6 Å². The first kappa shape index (κ1) is 21.2. The Balaban J connectivity index is 1.57. The van der Waals surface area contributed by atoms with Crippen LogP contribution < -0.4 is 9.47 Å². The summed E-state index contributed by atoms with van der Waals surface area (Å²) in [7, 11) is 1.55. The zero-order valence-corrected chi connectivity index (χ0v) is 17.7. The van der Waals surface area contributed by atoms with Gasteiger partial charge in [0.15, 0.2) is 11.5 Å². The van der Waals surface area contributed by atoms with E-state index in [1.165, 1.54) is 5.56 Å². The minimum absolute atomic E-state index is 0.0345. The number of carbonyl (C=O) groups excluding carboxylic acids is 1. The van der Waals surface area contributed by atoms with Crippen LogP contribution in [0.5, 0.6) is 11.5 Å². The molecule has 6 heteroatoms. The van der Waals surface area contributed by atoms with Crippen molar-refractivity contribution in [1.82, 2.24) is 9.80 Å². The number of benzene rings is 2. The van der Waals surface area contributed by atoms with E-state index in [1.54, 1.807) is 19.2 Å². The third-order valence-electron chi connectivity index (χ3n) is 4.90. The molecule has 0 radical (unpaired) electrons. The van der Waals surface area contributed by atoms with Crippen LogP contribution in [0.2, 0.25) is 5.02 Å². The summed E-state index contributed by atoms with van der Waals surface area (Å²) in [5, 5.41) is 0.388. The molecule has 0 saturated carbocycles. The van der Waals surface area contributed by atoms with Crippen LogP contribution in [0.25, 0.3) is 6.08 Å². The van der Waals surface area contributed by atoms with Crippen LogP contribution in [0, 0.1) is 0 Å². The summed E-state index contributed by atoms with van der Waals surface area (Å²) in [6, 6.07) is 13.6. The molecule has 0 atom stereocenters. The van der Waals surface area contributed by atoms with Gasteiger partial charge in [-0.2, -0.15) is 0 Å². The van der Waals surface area contributed by atoms with Crippen molar-refractivity contribution < 1.29 is 14.3 Å². The van der Waals surface area contributed by atoms with Gasteiger partial charge in [-0.25, -0.2) is 0 Å². The molecule has 1 fully saturated rings. The molecule has 1 amide bonds. The third-order valence-corrected chi connectivity index (χ3v) is 5.18. The molecule has 2 aromatic rings. The number of nitrogens with zero attached hydrogens (tertiary/aromatic N) is 2. The summed E-state index contributed by atoms with van der Waals surface area (Å²) in [6.45, 7) is 6.28. The predicted molar refractivity (Wildman–Crippen MR) is 117 cm³/mol. The summed E-state index contributed by atoms with van der Waals surface area (Å²) in [5.41, 5.74) is 1.72. The van der Waals surface area contributed by atoms with Crippen molar-refractivity contribution in [3.05, 3.63) is 64.7 Å². The van der Waals surface area contributed by atoms with Crippen LogP contribution in [-0.2, 0) is 0 Å². The van der Waals surface area contributed by atoms with E-state index in [2.05, 4.69) is 29.2 Å². The van der Waals surface area contributed by atoms with Crippen LogP contribution in [0.4, 0.5) is 0 Å². The quantitative estimate of drug-likeness (QED) is 0.680. The number of halogens is 1. The lowest BCUT2D eigenvalue weighted by atomic mass is 10.1. The maximum atomic E-state index is 12.9. The first-order chi connectivity index (χ1) is 14.1. The van der Waals surface area contributed by atoms with Crippen molar-refractivity contribution in [3.63, 3.8) is 0 Å². The predicted octanol–water partition coefficient (Wildman–Crippen LogP) is 4.22. The third kappa shape index (κ3) is 5.52. The SMILES string of the molecule is CCOc1c(Cl)cc(C(=O)N2CCN(CC=Cc3ccccc3)CC2)cc1OC. The average Bonchev–Trinajstić information content (AvgIpc) is 2.76. The molecule has 0 N–H and O–H groups in total. The summed E-state index contributed by atoms with van der Waals surface area (Å²) in [4.78, 5) is 17.1. The van der Waals surface area contributed by atoms with Gasteiger partial charge in [0.1, 0.15) is 0 Å². The molecule has 1 aliphatic rings. The van der Waals surface area contributed by atoms with Gasteiger partial charge < -0.3 is 14.4 Å². The number of hydrogen-bond donors (Lipinski definition) is 0. The lowest BCUT2D eigenvalue weighted by Gasteiger charge is -2.34. The van der Waals surface area contributed by atoms with Crippen LogP contribution in [-0.4, -0.2) is 62.1 Å². The number of piperazine rings is 1. The lowest BCUT2D eigenvalue weighted by molar-refractivity contribution is 0.0650. The zero-order valence-electron chi connectivity index (χ0n) is 16.9. The second-order valence-electron chi connectivity index (χ2n) is 6.83. The van der Waals surface area contributed by atoms with E-state index in [0.717, 1.165) is 19.6 Å². The second kappa shape index (κ2) is 10.3. The van der Waals surface area contributed by atoms with Gasteiger partial charge in [-0.05, 0) is 24.6 Å². The number of rotatable bonds is 7. The number of carbonyl (C=O) groups is 1. The average molecular weight is 415 g/mol. The molecule has 0 unspecified atom stereocenters. The lowest BCUT2D eigenvalue weighted by Crippen LogP contribution is -2.48. The first-order valence-corrected chi connectivity index (χ1v) is 10.2. The van der Waals surface area contributed by atoms with E-state index >= 15 is 0 Å². The number of methoxy groups -OCH3 is 1. The normalized spacial score (nSPS) is 14.9. The molecule has 1 aliphatic heterocycles. The molecule has 0 aliphatic carbocycles. The van der Waals surface area contributed by atoms with E-state index < -0.39 is 0 Å². The van der Waals surface area contributed by atoms with Gasteiger partial charge >= 0.3 is 0 Å². The standard InChI is InChI=1S/C23H27ClN2O3/c1-3-29-22-20(24)16-19(17-21(22)28-2)23(27)26-14-12-25(13-15-26)11-7-10-18-8-5-4-6-9-18/h4-10,16-17H,3,11-15H2,1-2H3. The Labute approximate surface area is 177 Å². The summed E-state index contributed by atoms with van der Waals surface area (Å²) < 4.78 is 10.9. The Bertz CT molecular complexity index is 847. The highest BCUT2D eigenvalue weighted by molar-refractivity contribution is 6.32. The molecule has 1 heterocycles. The van der Waals surface area contributed by atoms with Crippen LogP contribution in [0.3, 0.4) is 0 Å². The van der Waals surface area contributed by atoms with Crippen molar-refractivity contribution in [2.75, 3.05) is 46.4 Å². The molecule has 0 spiro atoms. The fraction of sp³-hybridized carbons (Fsp3) is 0.348. The molecule has 29 heavy (non-hydrogen) atoms. The van der Waals surface area contributed by atoms with Crippen LogP contribution in [0.15, 0.2) is 48.5 Å². The Kier molecular flexibility index (Phi) is 7.55. The monoisotopic (exact) mass is 414 g/mol. The number of hydrogen-bond acceptors (Lipinski definition) is 4. The minimum atomic E-state index is -0.0345. The van der Waals surface area contributed by atoms with Gasteiger partial charge in [-0.1, -0.05) is 54.1 Å². The van der Waals surface area contributed by atoms with Crippen LogP contribution >= 0.6 is 11.6 Å². The molecule has 3 rings (SSSR count). The van der Waals surface area contributed by atoms with E-state index in [4.69, 9.17) is 21.1 Å². The van der Waals surface area contributed by atoms with Crippen molar-refractivity contribution in [3.8, 4) is 11.5 Å². The highest BCUT2D eigenvalue weighted by Crippen LogP contribution is 2.36. The zero-order chi connectivity index (χ0) is 20.6. The maximum Gasteiger partial charge on any atom is 0.254 e. The molecule has 5 nitrogen and oxygen atoms in total. The Morgan fingerprint density at radius 3 is 2.52 bits per heavy atom. The number of amides is 1. The van der Waals surface area contributed by atoms with E-state index in [1.807, 2.05) is 30.0 Å². The van der Waals surface area contributed by atoms with Gasteiger partial charge in [-0.15, -0.1) is 0 Å². The highest BCUT2D eigenvalue weighted by atomic mass is 35.5. The van der Waals surface area contributed by atoms with E-state index in [9.17, 15) is 4.79 Å². The molecular formula is C23H27ClN2O3. The summed E-state index contributed by atoms with van der Waals surface area (Å²) in [6.07, 6.45) is 4.30. The van der Waals surface area contributed by atoms with Gasteiger partial charge in [0.2, 0.25) is 0 Å². The number of ether oxygens (including phenoxy) is 2. The summed E-state index contributed by atoms with van der Waals surface area (Å²) >= 11 is 6.31. The van der Waals surface area contributed by atoms with E-state index in [-0.39, 0.29) is 5.91 Å². The topological polar surface area (TPSA) is 42.0 Å². The fourth-order valence-corrected chi connectivity index (χ4v) is 3.61. The first-order valence-electron chi connectivity index (χ1n) is 9.86.